The fourth-order valence-electron chi connectivity index (χ4n) is 2.26. The summed E-state index contributed by atoms with van der Waals surface area (Å²) < 4.78 is 0. The molecule has 2 amide bonds. The number of hydrogen-bond acceptors (Lipinski definition) is 3. The van der Waals surface area contributed by atoms with Gasteiger partial charge in [0.2, 0.25) is 11.8 Å². The van der Waals surface area contributed by atoms with Crippen LogP contribution in [0, 0.1) is 11.8 Å². The van der Waals surface area contributed by atoms with Gasteiger partial charge in [0.1, 0.15) is 0 Å². The first-order chi connectivity index (χ1) is 9.95. The van der Waals surface area contributed by atoms with Crippen molar-refractivity contribution in [1.82, 2.24) is 10.6 Å². The van der Waals surface area contributed by atoms with Crippen molar-refractivity contribution in [2.75, 3.05) is 6.54 Å². The predicted octanol–water partition coefficient (Wildman–Crippen LogP) is 1.07. The second-order valence-electron chi connectivity index (χ2n) is 5.41. The highest BCUT2D eigenvalue weighted by atomic mass is 16.4. The van der Waals surface area contributed by atoms with E-state index >= 15 is 0 Å². The lowest BCUT2D eigenvalue weighted by molar-refractivity contribution is -0.147. The van der Waals surface area contributed by atoms with Crippen LogP contribution in [-0.2, 0) is 14.4 Å². The van der Waals surface area contributed by atoms with Crippen molar-refractivity contribution >= 4 is 17.8 Å². The Morgan fingerprint density at radius 1 is 1.24 bits per heavy atom. The quantitative estimate of drug-likeness (QED) is 0.612. The zero-order chi connectivity index (χ0) is 15.8. The molecule has 6 nitrogen and oxygen atoms in total. The Labute approximate surface area is 125 Å². The molecule has 6 heteroatoms. The third-order valence-corrected chi connectivity index (χ3v) is 3.76. The van der Waals surface area contributed by atoms with E-state index in [2.05, 4.69) is 10.6 Å². The van der Waals surface area contributed by atoms with Crippen LogP contribution in [0.3, 0.4) is 0 Å². The van der Waals surface area contributed by atoms with Gasteiger partial charge in [-0.2, -0.15) is 0 Å². The van der Waals surface area contributed by atoms with Crippen molar-refractivity contribution in [3.8, 4) is 0 Å². The standard InChI is InChI=1S/C15H24N2O4/c1-3-10(2)17-13(18)8-9-16-14(19)11-6-4-5-7-12(11)15(20)21/h4-5,10-12H,3,6-9H2,1-2H3,(H,16,19)(H,17,18)(H,20,21). The van der Waals surface area contributed by atoms with E-state index in [0.717, 1.165) is 6.42 Å². The second kappa shape index (κ2) is 8.44. The van der Waals surface area contributed by atoms with Crippen LogP contribution in [0.4, 0.5) is 0 Å². The van der Waals surface area contributed by atoms with Gasteiger partial charge in [-0.1, -0.05) is 19.1 Å². The molecule has 3 atom stereocenters. The van der Waals surface area contributed by atoms with E-state index in [1.54, 1.807) is 6.08 Å². The number of carboxylic acids is 1. The molecule has 1 aliphatic rings. The molecule has 0 radical (unpaired) electrons. The number of carboxylic acid groups (broad SMARTS) is 1. The molecule has 3 unspecified atom stereocenters. The van der Waals surface area contributed by atoms with Crippen LogP contribution >= 0.6 is 0 Å². The predicted molar refractivity (Wildman–Crippen MR) is 78.5 cm³/mol. The Kier molecular flexibility index (Phi) is 6.91. The second-order valence-corrected chi connectivity index (χ2v) is 5.41. The molecule has 118 valence electrons. The number of rotatable bonds is 7. The maximum Gasteiger partial charge on any atom is 0.307 e. The molecular formula is C15H24N2O4. The van der Waals surface area contributed by atoms with Gasteiger partial charge in [0, 0.05) is 19.0 Å². The number of carbonyl (C=O) groups excluding carboxylic acids is 2. The molecule has 1 aliphatic carbocycles. The molecule has 3 N–H and O–H groups in total. The lowest BCUT2D eigenvalue weighted by Crippen LogP contribution is -2.40. The molecule has 0 spiro atoms. The van der Waals surface area contributed by atoms with Gasteiger partial charge in [-0.05, 0) is 26.2 Å². The first-order valence-corrected chi connectivity index (χ1v) is 7.40. The molecule has 0 saturated heterocycles. The minimum Gasteiger partial charge on any atom is -0.481 e. The third kappa shape index (κ3) is 5.57. The Morgan fingerprint density at radius 2 is 1.86 bits per heavy atom. The van der Waals surface area contributed by atoms with Crippen LogP contribution in [0.2, 0.25) is 0 Å². The number of hydrogen-bond donors (Lipinski definition) is 3. The number of aliphatic carboxylic acids is 1. The minimum absolute atomic E-state index is 0.108. The van der Waals surface area contributed by atoms with Crippen molar-refractivity contribution < 1.29 is 19.5 Å². The zero-order valence-electron chi connectivity index (χ0n) is 12.6. The number of amides is 2. The summed E-state index contributed by atoms with van der Waals surface area (Å²) in [7, 11) is 0. The zero-order valence-corrected chi connectivity index (χ0v) is 12.6. The smallest absolute Gasteiger partial charge is 0.307 e. The lowest BCUT2D eigenvalue weighted by Gasteiger charge is -2.24. The summed E-state index contributed by atoms with van der Waals surface area (Å²) >= 11 is 0. The molecule has 21 heavy (non-hydrogen) atoms. The fourth-order valence-corrected chi connectivity index (χ4v) is 2.26. The first-order valence-electron chi connectivity index (χ1n) is 7.40. The summed E-state index contributed by atoms with van der Waals surface area (Å²) in [4.78, 5) is 34.7. The van der Waals surface area contributed by atoms with Crippen molar-refractivity contribution in [2.45, 2.75) is 45.6 Å². The maximum atomic E-state index is 12.0. The SMILES string of the molecule is CCC(C)NC(=O)CCNC(=O)C1CC=CCC1C(=O)O. The Bertz CT molecular complexity index is 420. The molecule has 0 aliphatic heterocycles. The first kappa shape index (κ1) is 17.2. The summed E-state index contributed by atoms with van der Waals surface area (Å²) in [5.74, 6) is -2.57. The van der Waals surface area contributed by atoms with Gasteiger partial charge < -0.3 is 15.7 Å². The molecule has 0 aromatic heterocycles. The minimum atomic E-state index is -0.950. The van der Waals surface area contributed by atoms with Crippen LogP contribution in [0.25, 0.3) is 0 Å². The largest absolute Gasteiger partial charge is 0.481 e. The molecule has 0 heterocycles. The van der Waals surface area contributed by atoms with E-state index in [1.807, 2.05) is 19.9 Å². The van der Waals surface area contributed by atoms with Gasteiger partial charge in [0.25, 0.3) is 0 Å². The summed E-state index contributed by atoms with van der Waals surface area (Å²) in [5, 5.41) is 14.6. The van der Waals surface area contributed by atoms with E-state index in [-0.39, 0.29) is 30.8 Å². The Balaban J connectivity index is 2.37. The highest BCUT2D eigenvalue weighted by Crippen LogP contribution is 2.25. The highest BCUT2D eigenvalue weighted by molar-refractivity contribution is 5.85. The average Bonchev–Trinajstić information content (AvgIpc) is 2.46. The molecule has 0 bridgehead atoms. The number of nitrogens with one attached hydrogen (secondary N) is 2. The van der Waals surface area contributed by atoms with Crippen molar-refractivity contribution in [1.29, 1.82) is 0 Å². The van der Waals surface area contributed by atoms with Crippen molar-refractivity contribution in [2.24, 2.45) is 11.8 Å². The fraction of sp³-hybridized carbons (Fsp3) is 0.667. The van der Waals surface area contributed by atoms with Crippen molar-refractivity contribution in [3.63, 3.8) is 0 Å². The van der Waals surface area contributed by atoms with Crippen LogP contribution in [-0.4, -0.2) is 35.5 Å². The van der Waals surface area contributed by atoms with Crippen LogP contribution < -0.4 is 10.6 Å². The van der Waals surface area contributed by atoms with Gasteiger partial charge in [0.05, 0.1) is 11.8 Å². The maximum absolute atomic E-state index is 12.0. The van der Waals surface area contributed by atoms with E-state index in [4.69, 9.17) is 5.11 Å². The third-order valence-electron chi connectivity index (χ3n) is 3.76. The van der Waals surface area contributed by atoms with E-state index in [9.17, 15) is 14.4 Å². The number of allylic oxidation sites excluding steroid dienone is 2. The van der Waals surface area contributed by atoms with Crippen LogP contribution in [0.5, 0.6) is 0 Å². The van der Waals surface area contributed by atoms with Gasteiger partial charge >= 0.3 is 5.97 Å². The van der Waals surface area contributed by atoms with E-state index in [1.165, 1.54) is 0 Å². The summed E-state index contributed by atoms with van der Waals surface area (Å²) in [6.45, 7) is 4.13. The van der Waals surface area contributed by atoms with E-state index in [0.29, 0.717) is 12.8 Å². The van der Waals surface area contributed by atoms with Gasteiger partial charge in [-0.25, -0.2) is 0 Å². The van der Waals surface area contributed by atoms with Crippen LogP contribution in [0.15, 0.2) is 12.2 Å². The molecule has 1 rings (SSSR count). The normalized spacial score (nSPS) is 22.4. The monoisotopic (exact) mass is 296 g/mol. The molecule has 0 fully saturated rings. The summed E-state index contributed by atoms with van der Waals surface area (Å²) in [5.41, 5.74) is 0. The van der Waals surface area contributed by atoms with Crippen molar-refractivity contribution in [3.05, 3.63) is 12.2 Å². The van der Waals surface area contributed by atoms with Crippen LogP contribution in [0.1, 0.15) is 39.5 Å². The summed E-state index contributed by atoms with van der Waals surface area (Å²) in [6, 6.07) is 0.119. The van der Waals surface area contributed by atoms with Gasteiger partial charge in [-0.3, -0.25) is 14.4 Å². The topological polar surface area (TPSA) is 95.5 Å². The molecule has 0 saturated carbocycles. The average molecular weight is 296 g/mol. The molecule has 0 aromatic rings. The van der Waals surface area contributed by atoms with Gasteiger partial charge in [-0.15, -0.1) is 0 Å². The Morgan fingerprint density at radius 3 is 2.43 bits per heavy atom. The lowest BCUT2D eigenvalue weighted by atomic mass is 9.82. The number of carbonyl (C=O) groups is 3. The summed E-state index contributed by atoms with van der Waals surface area (Å²) in [6.07, 6.45) is 5.49. The van der Waals surface area contributed by atoms with Gasteiger partial charge in [0.15, 0.2) is 0 Å². The van der Waals surface area contributed by atoms with E-state index < -0.39 is 17.8 Å². The highest BCUT2D eigenvalue weighted by Gasteiger charge is 2.33. The molecular weight excluding hydrogens is 272 g/mol. The molecule has 0 aromatic carbocycles. The Hall–Kier alpha value is -1.85.